The number of carbonyl (C=O) groups excluding carboxylic acids is 1. The molecule has 1 aromatic carbocycles. The van der Waals surface area contributed by atoms with Crippen molar-refractivity contribution in [2.75, 3.05) is 13.7 Å². The van der Waals surface area contributed by atoms with Crippen LogP contribution in [0.15, 0.2) is 30.3 Å². The van der Waals surface area contributed by atoms with Gasteiger partial charge >= 0.3 is 0 Å². The van der Waals surface area contributed by atoms with Crippen LogP contribution in [0, 0.1) is 0 Å². The van der Waals surface area contributed by atoms with E-state index in [1.54, 1.807) is 7.11 Å². The summed E-state index contributed by atoms with van der Waals surface area (Å²) >= 11 is 0. The monoisotopic (exact) mass is 235 g/mol. The Kier molecular flexibility index (Phi) is 5.70. The summed E-state index contributed by atoms with van der Waals surface area (Å²) in [6.45, 7) is 4.51. The van der Waals surface area contributed by atoms with Crippen molar-refractivity contribution in [3.8, 4) is 0 Å². The summed E-state index contributed by atoms with van der Waals surface area (Å²) in [5, 5.41) is 2.97. The first-order valence-corrected chi connectivity index (χ1v) is 6.03. The molecule has 0 bridgehead atoms. The van der Waals surface area contributed by atoms with Gasteiger partial charge in [-0.3, -0.25) is 4.79 Å². The van der Waals surface area contributed by atoms with E-state index in [0.717, 1.165) is 12.0 Å². The number of rotatable bonds is 6. The molecule has 0 saturated carbocycles. The molecule has 0 saturated heterocycles. The maximum Gasteiger partial charge on any atom is 0.227 e. The van der Waals surface area contributed by atoms with Gasteiger partial charge < -0.3 is 10.1 Å². The summed E-state index contributed by atoms with van der Waals surface area (Å²) in [4.78, 5) is 12.1. The highest BCUT2D eigenvalue weighted by atomic mass is 16.5. The molecule has 17 heavy (non-hydrogen) atoms. The molecule has 94 valence electrons. The highest BCUT2D eigenvalue weighted by molar-refractivity contribution is 5.83. The zero-order chi connectivity index (χ0) is 12.7. The highest BCUT2D eigenvalue weighted by Crippen LogP contribution is 2.19. The minimum atomic E-state index is -0.0736. The highest BCUT2D eigenvalue weighted by Gasteiger charge is 2.19. The Morgan fingerprint density at radius 3 is 2.53 bits per heavy atom. The summed E-state index contributed by atoms with van der Waals surface area (Å²) in [6.07, 6.45) is 0.801. The van der Waals surface area contributed by atoms with E-state index in [9.17, 15) is 4.79 Å². The lowest BCUT2D eigenvalue weighted by molar-refractivity contribution is -0.123. The number of carbonyl (C=O) groups is 1. The molecule has 0 spiro atoms. The molecule has 0 radical (unpaired) electrons. The third kappa shape index (κ3) is 4.19. The fraction of sp³-hybridized carbons (Fsp3) is 0.500. The maximum atomic E-state index is 12.1. The maximum absolute atomic E-state index is 12.1. The Bertz CT molecular complexity index is 337. The minimum Gasteiger partial charge on any atom is -0.383 e. The molecular formula is C14H21NO2. The van der Waals surface area contributed by atoms with Gasteiger partial charge in [0.15, 0.2) is 0 Å². The Balaban J connectivity index is 2.65. The molecule has 1 rings (SSSR count). The summed E-state index contributed by atoms with van der Waals surface area (Å²) in [6, 6.07) is 9.92. The lowest BCUT2D eigenvalue weighted by Gasteiger charge is -2.19. The average Bonchev–Trinajstić information content (AvgIpc) is 2.31. The number of amides is 1. The Morgan fingerprint density at radius 2 is 2.00 bits per heavy atom. The average molecular weight is 235 g/mol. The second-order valence-electron chi connectivity index (χ2n) is 4.24. The molecule has 0 aromatic heterocycles. The van der Waals surface area contributed by atoms with Crippen molar-refractivity contribution in [1.29, 1.82) is 0 Å². The molecule has 0 fully saturated rings. The molecule has 0 heterocycles. The van der Waals surface area contributed by atoms with Crippen LogP contribution >= 0.6 is 0 Å². The van der Waals surface area contributed by atoms with Gasteiger partial charge in [-0.1, -0.05) is 37.3 Å². The van der Waals surface area contributed by atoms with Gasteiger partial charge in [0.1, 0.15) is 0 Å². The molecule has 0 aliphatic heterocycles. The van der Waals surface area contributed by atoms with Crippen LogP contribution in [0.2, 0.25) is 0 Å². The number of benzene rings is 1. The SMILES string of the molecule is CCC(C(=O)NC(C)COC)c1ccccc1. The van der Waals surface area contributed by atoms with E-state index in [1.807, 2.05) is 44.2 Å². The smallest absolute Gasteiger partial charge is 0.227 e. The lowest BCUT2D eigenvalue weighted by atomic mass is 9.95. The van der Waals surface area contributed by atoms with Crippen LogP contribution in [0.3, 0.4) is 0 Å². The molecular weight excluding hydrogens is 214 g/mol. The largest absolute Gasteiger partial charge is 0.383 e. The van der Waals surface area contributed by atoms with Crippen molar-refractivity contribution in [1.82, 2.24) is 5.32 Å². The van der Waals surface area contributed by atoms with E-state index >= 15 is 0 Å². The standard InChI is InChI=1S/C14H21NO2/c1-4-13(12-8-6-5-7-9-12)14(16)15-11(2)10-17-3/h5-9,11,13H,4,10H2,1-3H3,(H,15,16). The van der Waals surface area contributed by atoms with E-state index in [4.69, 9.17) is 4.74 Å². The van der Waals surface area contributed by atoms with Crippen molar-refractivity contribution in [3.63, 3.8) is 0 Å². The summed E-state index contributed by atoms with van der Waals surface area (Å²) < 4.78 is 5.01. The number of methoxy groups -OCH3 is 1. The van der Waals surface area contributed by atoms with Gasteiger partial charge in [0.25, 0.3) is 0 Å². The van der Waals surface area contributed by atoms with Crippen molar-refractivity contribution in [2.24, 2.45) is 0 Å². The summed E-state index contributed by atoms with van der Waals surface area (Å²) in [7, 11) is 1.64. The molecule has 1 aromatic rings. The summed E-state index contributed by atoms with van der Waals surface area (Å²) in [5.41, 5.74) is 1.07. The topological polar surface area (TPSA) is 38.3 Å². The first kappa shape index (κ1) is 13.7. The molecule has 2 atom stereocenters. The second-order valence-corrected chi connectivity index (χ2v) is 4.24. The first-order valence-electron chi connectivity index (χ1n) is 6.03. The Morgan fingerprint density at radius 1 is 1.35 bits per heavy atom. The van der Waals surface area contributed by atoms with Crippen LogP contribution in [-0.4, -0.2) is 25.7 Å². The number of ether oxygens (including phenoxy) is 1. The van der Waals surface area contributed by atoms with E-state index in [1.165, 1.54) is 0 Å². The molecule has 0 aliphatic carbocycles. The van der Waals surface area contributed by atoms with Gasteiger partial charge in [0.2, 0.25) is 5.91 Å². The fourth-order valence-corrected chi connectivity index (χ4v) is 1.89. The van der Waals surface area contributed by atoms with E-state index < -0.39 is 0 Å². The lowest BCUT2D eigenvalue weighted by Crippen LogP contribution is -2.38. The van der Waals surface area contributed by atoms with Crippen molar-refractivity contribution in [2.45, 2.75) is 32.2 Å². The van der Waals surface area contributed by atoms with Crippen LogP contribution in [0.1, 0.15) is 31.7 Å². The molecule has 1 N–H and O–H groups in total. The predicted molar refractivity (Wildman–Crippen MR) is 69.0 cm³/mol. The normalized spacial score (nSPS) is 14.1. The van der Waals surface area contributed by atoms with Gasteiger partial charge in [-0.15, -0.1) is 0 Å². The fourth-order valence-electron chi connectivity index (χ4n) is 1.89. The number of hydrogen-bond acceptors (Lipinski definition) is 2. The predicted octanol–water partition coefficient (Wildman–Crippen LogP) is 2.33. The van der Waals surface area contributed by atoms with Crippen LogP contribution in [0.5, 0.6) is 0 Å². The molecule has 3 heteroatoms. The van der Waals surface area contributed by atoms with E-state index in [-0.39, 0.29) is 17.9 Å². The Labute approximate surface area is 103 Å². The quantitative estimate of drug-likeness (QED) is 0.822. The van der Waals surface area contributed by atoms with Gasteiger partial charge in [0, 0.05) is 13.2 Å². The van der Waals surface area contributed by atoms with Crippen LogP contribution in [0.25, 0.3) is 0 Å². The third-order valence-electron chi connectivity index (χ3n) is 2.73. The molecule has 3 nitrogen and oxygen atoms in total. The number of nitrogens with one attached hydrogen (secondary N) is 1. The minimum absolute atomic E-state index is 0.0465. The molecule has 0 aliphatic rings. The van der Waals surface area contributed by atoms with Crippen molar-refractivity contribution in [3.05, 3.63) is 35.9 Å². The van der Waals surface area contributed by atoms with E-state index in [0.29, 0.717) is 6.61 Å². The van der Waals surface area contributed by atoms with Crippen molar-refractivity contribution < 1.29 is 9.53 Å². The van der Waals surface area contributed by atoms with Gasteiger partial charge in [-0.05, 0) is 18.9 Å². The number of hydrogen-bond donors (Lipinski definition) is 1. The van der Waals surface area contributed by atoms with E-state index in [2.05, 4.69) is 5.32 Å². The third-order valence-corrected chi connectivity index (χ3v) is 2.73. The molecule has 2 unspecified atom stereocenters. The summed E-state index contributed by atoms with van der Waals surface area (Å²) in [5.74, 6) is -0.00115. The van der Waals surface area contributed by atoms with Gasteiger partial charge in [0.05, 0.1) is 12.5 Å². The van der Waals surface area contributed by atoms with Crippen molar-refractivity contribution >= 4 is 5.91 Å². The van der Waals surface area contributed by atoms with Gasteiger partial charge in [-0.25, -0.2) is 0 Å². The molecule has 1 amide bonds. The van der Waals surface area contributed by atoms with Crippen LogP contribution in [0.4, 0.5) is 0 Å². The zero-order valence-electron chi connectivity index (χ0n) is 10.8. The van der Waals surface area contributed by atoms with Crippen LogP contribution < -0.4 is 5.32 Å². The zero-order valence-corrected chi connectivity index (χ0v) is 10.8. The van der Waals surface area contributed by atoms with Gasteiger partial charge in [-0.2, -0.15) is 0 Å². The first-order chi connectivity index (χ1) is 8.19. The van der Waals surface area contributed by atoms with Crippen LogP contribution in [-0.2, 0) is 9.53 Å². The Hall–Kier alpha value is -1.35. The second kappa shape index (κ2) is 7.07.